The van der Waals surface area contributed by atoms with Crippen LogP contribution in [0.1, 0.15) is 13.8 Å². The molecule has 0 bridgehead atoms. The van der Waals surface area contributed by atoms with Crippen molar-refractivity contribution in [2.75, 3.05) is 5.32 Å². The summed E-state index contributed by atoms with van der Waals surface area (Å²) in [5.41, 5.74) is 0.246. The third-order valence-electron chi connectivity index (χ3n) is 2.12. The maximum Gasteiger partial charge on any atom is 0.315 e. The summed E-state index contributed by atoms with van der Waals surface area (Å²) in [5, 5.41) is 2.07. The predicted octanol–water partition coefficient (Wildman–Crippen LogP) is 2.40. The van der Waals surface area contributed by atoms with E-state index in [0.29, 0.717) is 11.5 Å². The Hall–Kier alpha value is -1.85. The van der Waals surface area contributed by atoms with Gasteiger partial charge in [-0.1, -0.05) is 0 Å². The Morgan fingerprint density at radius 2 is 1.94 bits per heavy atom. The number of alkyl halides is 2. The number of fused-ring (bicyclic) bond motifs is 1. The molecule has 0 atom stereocenters. The second kappa shape index (κ2) is 3.87. The van der Waals surface area contributed by atoms with Gasteiger partial charge in [0.15, 0.2) is 11.5 Å². The molecule has 2 rings (SSSR count). The number of nitrogens with one attached hydrogen (secondary N) is 1. The molecule has 1 aliphatic rings. The lowest BCUT2D eigenvalue weighted by atomic mass is 10.3. The van der Waals surface area contributed by atoms with Crippen molar-refractivity contribution in [3.05, 3.63) is 18.2 Å². The average Bonchev–Trinajstić information content (AvgIpc) is 2.50. The van der Waals surface area contributed by atoms with Gasteiger partial charge in [-0.25, -0.2) is 0 Å². The SMILES string of the molecule is CC1(C)Oc2ccc(NC(=O)C(F)F)cc2O1. The Morgan fingerprint density at radius 1 is 1.29 bits per heavy atom. The highest BCUT2D eigenvalue weighted by atomic mass is 19.3. The van der Waals surface area contributed by atoms with Crippen molar-refractivity contribution in [1.82, 2.24) is 0 Å². The average molecular weight is 243 g/mol. The molecular formula is C11H11F2NO3. The normalized spacial score (nSPS) is 16.1. The van der Waals surface area contributed by atoms with Crippen LogP contribution in [0.2, 0.25) is 0 Å². The van der Waals surface area contributed by atoms with E-state index in [1.165, 1.54) is 12.1 Å². The molecule has 0 aromatic heterocycles. The zero-order chi connectivity index (χ0) is 12.6. The van der Waals surface area contributed by atoms with Gasteiger partial charge >= 0.3 is 6.43 Å². The number of halogens is 2. The molecule has 0 saturated carbocycles. The van der Waals surface area contributed by atoms with Crippen molar-refractivity contribution in [1.29, 1.82) is 0 Å². The highest BCUT2D eigenvalue weighted by molar-refractivity contribution is 5.93. The van der Waals surface area contributed by atoms with Crippen molar-refractivity contribution in [2.45, 2.75) is 26.1 Å². The summed E-state index contributed by atoms with van der Waals surface area (Å²) in [4.78, 5) is 10.8. The number of hydrogen-bond acceptors (Lipinski definition) is 3. The minimum atomic E-state index is -3.04. The van der Waals surface area contributed by atoms with Crippen LogP contribution in [0, 0.1) is 0 Å². The number of hydrogen-bond donors (Lipinski definition) is 1. The topological polar surface area (TPSA) is 47.6 Å². The van der Waals surface area contributed by atoms with Crippen LogP contribution in [0.5, 0.6) is 11.5 Å². The number of carbonyl (C=O) groups excluding carboxylic acids is 1. The summed E-state index contributed by atoms with van der Waals surface area (Å²) in [6.45, 7) is 3.45. The van der Waals surface area contributed by atoms with E-state index in [2.05, 4.69) is 5.32 Å². The fourth-order valence-corrected chi connectivity index (χ4v) is 1.50. The van der Waals surface area contributed by atoms with E-state index in [9.17, 15) is 13.6 Å². The van der Waals surface area contributed by atoms with Crippen molar-refractivity contribution in [3.8, 4) is 11.5 Å². The van der Waals surface area contributed by atoms with Crippen LogP contribution in [0.4, 0.5) is 14.5 Å². The van der Waals surface area contributed by atoms with Crippen molar-refractivity contribution in [2.24, 2.45) is 0 Å². The monoisotopic (exact) mass is 243 g/mol. The van der Waals surface area contributed by atoms with E-state index in [4.69, 9.17) is 9.47 Å². The Morgan fingerprint density at radius 3 is 2.59 bits per heavy atom. The molecule has 1 aromatic carbocycles. The predicted molar refractivity (Wildman–Crippen MR) is 56.4 cm³/mol. The quantitative estimate of drug-likeness (QED) is 0.867. The summed E-state index contributed by atoms with van der Waals surface area (Å²) in [6, 6.07) is 4.49. The van der Waals surface area contributed by atoms with Gasteiger partial charge in [0, 0.05) is 25.6 Å². The van der Waals surface area contributed by atoms with Gasteiger partial charge in [-0.15, -0.1) is 0 Å². The van der Waals surface area contributed by atoms with Gasteiger partial charge in [0.25, 0.3) is 5.91 Å². The maximum atomic E-state index is 12.0. The number of carbonyl (C=O) groups is 1. The molecule has 0 spiro atoms. The molecule has 0 unspecified atom stereocenters. The molecule has 1 heterocycles. The van der Waals surface area contributed by atoms with Crippen LogP contribution in [-0.2, 0) is 4.79 Å². The molecule has 6 heteroatoms. The van der Waals surface area contributed by atoms with Gasteiger partial charge in [0.1, 0.15) is 0 Å². The summed E-state index contributed by atoms with van der Waals surface area (Å²) in [6.07, 6.45) is -3.04. The second-order valence-electron chi connectivity index (χ2n) is 4.06. The van der Waals surface area contributed by atoms with Crippen molar-refractivity contribution >= 4 is 11.6 Å². The summed E-state index contributed by atoms with van der Waals surface area (Å²) in [7, 11) is 0. The molecule has 1 N–H and O–H groups in total. The van der Waals surface area contributed by atoms with Gasteiger partial charge in [0.05, 0.1) is 0 Å². The van der Waals surface area contributed by atoms with E-state index in [0.717, 1.165) is 0 Å². The van der Waals surface area contributed by atoms with E-state index in [1.807, 2.05) is 0 Å². The zero-order valence-electron chi connectivity index (χ0n) is 9.29. The third kappa shape index (κ3) is 2.46. The van der Waals surface area contributed by atoms with Gasteiger partial charge in [-0.2, -0.15) is 8.78 Å². The highest BCUT2D eigenvalue weighted by Crippen LogP contribution is 2.40. The van der Waals surface area contributed by atoms with E-state index >= 15 is 0 Å². The Bertz CT molecular complexity index is 460. The summed E-state index contributed by atoms with van der Waals surface area (Å²) in [5.74, 6) is -1.19. The Labute approximate surface area is 96.5 Å². The first-order valence-corrected chi connectivity index (χ1v) is 4.98. The van der Waals surface area contributed by atoms with Crippen molar-refractivity contribution < 1.29 is 23.0 Å². The second-order valence-corrected chi connectivity index (χ2v) is 4.06. The first kappa shape index (κ1) is 11.6. The van der Waals surface area contributed by atoms with Crippen LogP contribution in [0.15, 0.2) is 18.2 Å². The van der Waals surface area contributed by atoms with Crippen LogP contribution in [-0.4, -0.2) is 18.1 Å². The number of amides is 1. The highest BCUT2D eigenvalue weighted by Gasteiger charge is 2.31. The number of rotatable bonds is 2. The minimum absolute atomic E-state index is 0.246. The van der Waals surface area contributed by atoms with Crippen LogP contribution in [0.3, 0.4) is 0 Å². The van der Waals surface area contributed by atoms with Gasteiger partial charge in [0.2, 0.25) is 5.79 Å². The molecule has 1 aliphatic heterocycles. The molecule has 0 radical (unpaired) electrons. The lowest BCUT2D eigenvalue weighted by Crippen LogP contribution is -2.29. The fraction of sp³-hybridized carbons (Fsp3) is 0.364. The Balaban J connectivity index is 2.17. The lowest BCUT2D eigenvalue weighted by molar-refractivity contribution is -0.126. The summed E-state index contributed by atoms with van der Waals surface area (Å²) >= 11 is 0. The molecule has 0 fully saturated rings. The molecule has 4 nitrogen and oxygen atoms in total. The minimum Gasteiger partial charge on any atom is -0.449 e. The molecular weight excluding hydrogens is 232 g/mol. The first-order valence-electron chi connectivity index (χ1n) is 4.98. The molecule has 1 aromatic rings. The van der Waals surface area contributed by atoms with E-state index in [1.54, 1.807) is 19.9 Å². The van der Waals surface area contributed by atoms with Crippen LogP contribution >= 0.6 is 0 Å². The van der Waals surface area contributed by atoms with Crippen LogP contribution < -0.4 is 14.8 Å². The van der Waals surface area contributed by atoms with E-state index < -0.39 is 18.1 Å². The number of benzene rings is 1. The fourth-order valence-electron chi connectivity index (χ4n) is 1.50. The molecule has 0 aliphatic carbocycles. The van der Waals surface area contributed by atoms with Crippen LogP contribution in [0.25, 0.3) is 0 Å². The summed E-state index contributed by atoms with van der Waals surface area (Å²) < 4.78 is 34.9. The molecule has 17 heavy (non-hydrogen) atoms. The smallest absolute Gasteiger partial charge is 0.315 e. The van der Waals surface area contributed by atoms with Gasteiger partial charge in [-0.05, 0) is 12.1 Å². The number of anilines is 1. The van der Waals surface area contributed by atoms with Crippen molar-refractivity contribution in [3.63, 3.8) is 0 Å². The first-order chi connectivity index (χ1) is 7.87. The van der Waals surface area contributed by atoms with Gasteiger partial charge < -0.3 is 14.8 Å². The maximum absolute atomic E-state index is 12.0. The van der Waals surface area contributed by atoms with Gasteiger partial charge in [-0.3, -0.25) is 4.79 Å². The zero-order valence-corrected chi connectivity index (χ0v) is 9.29. The molecule has 1 amide bonds. The number of ether oxygens (including phenoxy) is 2. The third-order valence-corrected chi connectivity index (χ3v) is 2.12. The molecule has 0 saturated heterocycles. The molecule has 92 valence electrons. The largest absolute Gasteiger partial charge is 0.449 e. The van der Waals surface area contributed by atoms with E-state index in [-0.39, 0.29) is 5.69 Å². The Kier molecular flexibility index (Phi) is 2.65. The lowest BCUT2D eigenvalue weighted by Gasteiger charge is -2.16. The standard InChI is InChI=1S/C11H11F2NO3/c1-11(2)16-7-4-3-6(5-8(7)17-11)14-10(15)9(12)13/h3-5,9H,1-2H3,(H,14,15).